The Morgan fingerprint density at radius 3 is 2.59 bits per heavy atom. The van der Waals surface area contributed by atoms with E-state index in [1.54, 1.807) is 24.3 Å². The first-order valence-electron chi connectivity index (χ1n) is 7.91. The second-order valence-electron chi connectivity index (χ2n) is 5.60. The highest BCUT2D eigenvalue weighted by atomic mass is 35.5. The highest BCUT2D eigenvalue weighted by molar-refractivity contribution is 7.21. The van der Waals surface area contributed by atoms with Crippen LogP contribution in [0.1, 0.15) is 15.2 Å². The molecule has 1 heterocycles. The third kappa shape index (κ3) is 3.71. The van der Waals surface area contributed by atoms with E-state index in [0.29, 0.717) is 42.7 Å². The number of carbonyl (C=O) groups excluding carboxylic acids is 1. The number of halogens is 2. The highest BCUT2D eigenvalue weighted by Crippen LogP contribution is 2.38. The third-order valence-electron chi connectivity index (χ3n) is 3.98. The van der Waals surface area contributed by atoms with Crippen LogP contribution in [-0.4, -0.2) is 27.2 Å². The van der Waals surface area contributed by atoms with Crippen LogP contribution in [0, 0.1) is 5.82 Å². The molecule has 0 aliphatic carbocycles. The van der Waals surface area contributed by atoms with Crippen LogP contribution in [0.2, 0.25) is 5.02 Å². The molecule has 2 aromatic carbocycles. The fourth-order valence-electron chi connectivity index (χ4n) is 2.77. The molecular weight excluding hydrogens is 393 g/mol. The lowest BCUT2D eigenvalue weighted by atomic mass is 10.1. The van der Waals surface area contributed by atoms with Gasteiger partial charge in [-0.15, -0.1) is 11.3 Å². The van der Waals surface area contributed by atoms with Crippen LogP contribution < -0.4 is 14.8 Å². The van der Waals surface area contributed by atoms with Crippen molar-refractivity contribution < 1.29 is 23.4 Å². The van der Waals surface area contributed by atoms with Crippen molar-refractivity contribution in [1.82, 2.24) is 0 Å². The summed E-state index contributed by atoms with van der Waals surface area (Å²) >= 11 is 7.30. The zero-order valence-electron chi connectivity index (χ0n) is 14.9. The number of benzene rings is 2. The Labute approximate surface area is 164 Å². The van der Waals surface area contributed by atoms with E-state index in [0.717, 1.165) is 0 Å². The number of fused-ring (bicyclic) bond motifs is 1. The van der Waals surface area contributed by atoms with Gasteiger partial charge >= 0.3 is 0 Å². The standard InChI is InChI=1S/C19H17ClFNO4S/c1-24-9-10-17-12(21)5-4-6-16(17)27-18(10)19(23)22-13-8-14(25-2)11(20)7-15(13)26-3/h4-8H,9H2,1-3H3,(H,22,23). The monoisotopic (exact) mass is 409 g/mol. The summed E-state index contributed by atoms with van der Waals surface area (Å²) < 4.78 is 30.6. The van der Waals surface area contributed by atoms with E-state index < -0.39 is 5.91 Å². The zero-order chi connectivity index (χ0) is 19.6. The molecule has 5 nitrogen and oxygen atoms in total. The second kappa shape index (κ2) is 8.12. The Morgan fingerprint density at radius 1 is 1.19 bits per heavy atom. The Balaban J connectivity index is 2.05. The first-order valence-corrected chi connectivity index (χ1v) is 9.11. The van der Waals surface area contributed by atoms with Gasteiger partial charge in [0, 0.05) is 34.9 Å². The Hall–Kier alpha value is -2.35. The van der Waals surface area contributed by atoms with Crippen molar-refractivity contribution in [3.8, 4) is 11.5 Å². The molecule has 3 rings (SSSR count). The van der Waals surface area contributed by atoms with Crippen LogP contribution in [-0.2, 0) is 11.3 Å². The summed E-state index contributed by atoms with van der Waals surface area (Å²) in [5, 5.41) is 3.54. The van der Waals surface area contributed by atoms with E-state index in [-0.39, 0.29) is 12.4 Å². The van der Waals surface area contributed by atoms with Gasteiger partial charge in [-0.1, -0.05) is 17.7 Å². The Kier molecular flexibility index (Phi) is 5.84. The molecule has 3 aromatic rings. The minimum absolute atomic E-state index is 0.116. The smallest absolute Gasteiger partial charge is 0.266 e. The Bertz CT molecular complexity index is 1010. The molecule has 1 amide bonds. The fourth-order valence-corrected chi connectivity index (χ4v) is 4.12. The molecule has 0 aliphatic heterocycles. The van der Waals surface area contributed by atoms with Crippen LogP contribution >= 0.6 is 22.9 Å². The van der Waals surface area contributed by atoms with Crippen molar-refractivity contribution in [3.05, 3.63) is 51.6 Å². The molecule has 27 heavy (non-hydrogen) atoms. The number of hydrogen-bond acceptors (Lipinski definition) is 5. The molecule has 142 valence electrons. The lowest BCUT2D eigenvalue weighted by molar-refractivity contribution is 0.102. The quantitative estimate of drug-likeness (QED) is 0.614. The number of thiophene rings is 1. The maximum Gasteiger partial charge on any atom is 0.266 e. The summed E-state index contributed by atoms with van der Waals surface area (Å²) in [4.78, 5) is 13.3. The van der Waals surface area contributed by atoms with Gasteiger partial charge in [-0.3, -0.25) is 4.79 Å². The van der Waals surface area contributed by atoms with Crippen LogP contribution in [0.4, 0.5) is 10.1 Å². The molecule has 0 fully saturated rings. The molecule has 0 saturated carbocycles. The molecule has 0 saturated heterocycles. The van der Waals surface area contributed by atoms with Crippen molar-refractivity contribution in [2.75, 3.05) is 26.6 Å². The first kappa shape index (κ1) is 19.4. The number of carbonyl (C=O) groups is 1. The molecule has 8 heteroatoms. The van der Waals surface area contributed by atoms with E-state index in [4.69, 9.17) is 25.8 Å². The summed E-state index contributed by atoms with van der Waals surface area (Å²) in [7, 11) is 4.45. The van der Waals surface area contributed by atoms with E-state index in [1.165, 1.54) is 38.7 Å². The lowest BCUT2D eigenvalue weighted by Gasteiger charge is -2.13. The first-order chi connectivity index (χ1) is 13.0. The minimum Gasteiger partial charge on any atom is -0.495 e. The van der Waals surface area contributed by atoms with Gasteiger partial charge in [-0.05, 0) is 12.1 Å². The molecular formula is C19H17ClFNO4S. The average Bonchev–Trinajstić information content (AvgIpc) is 3.03. The van der Waals surface area contributed by atoms with Gasteiger partial charge in [-0.25, -0.2) is 4.39 Å². The molecule has 1 aromatic heterocycles. The maximum atomic E-state index is 14.3. The number of methoxy groups -OCH3 is 3. The normalized spacial score (nSPS) is 10.9. The predicted molar refractivity (Wildman–Crippen MR) is 105 cm³/mol. The van der Waals surface area contributed by atoms with Gasteiger partial charge in [0.05, 0.1) is 36.4 Å². The molecule has 1 N–H and O–H groups in total. The number of hydrogen-bond donors (Lipinski definition) is 1. The Morgan fingerprint density at radius 2 is 1.93 bits per heavy atom. The van der Waals surface area contributed by atoms with Crippen molar-refractivity contribution >= 4 is 44.6 Å². The van der Waals surface area contributed by atoms with Crippen molar-refractivity contribution in [2.45, 2.75) is 6.61 Å². The van der Waals surface area contributed by atoms with Gasteiger partial charge in [-0.2, -0.15) is 0 Å². The van der Waals surface area contributed by atoms with E-state index >= 15 is 0 Å². The molecule has 0 radical (unpaired) electrons. The number of ether oxygens (including phenoxy) is 3. The van der Waals surface area contributed by atoms with Crippen molar-refractivity contribution in [1.29, 1.82) is 0 Å². The summed E-state index contributed by atoms with van der Waals surface area (Å²) in [6, 6.07) is 7.87. The zero-order valence-corrected chi connectivity index (χ0v) is 16.5. The summed E-state index contributed by atoms with van der Waals surface area (Å²) in [5.41, 5.74) is 0.901. The lowest BCUT2D eigenvalue weighted by Crippen LogP contribution is -2.13. The number of rotatable bonds is 6. The van der Waals surface area contributed by atoms with Crippen molar-refractivity contribution in [3.63, 3.8) is 0 Å². The molecule has 0 unspecified atom stereocenters. The maximum absolute atomic E-state index is 14.3. The predicted octanol–water partition coefficient (Wildman–Crippen LogP) is 5.11. The van der Waals surface area contributed by atoms with Gasteiger partial charge in [0.2, 0.25) is 0 Å². The summed E-state index contributed by atoms with van der Waals surface area (Å²) in [5.74, 6) is -0.00656. The fraction of sp³-hybridized carbons (Fsp3) is 0.211. The van der Waals surface area contributed by atoms with Gasteiger partial charge in [0.25, 0.3) is 5.91 Å². The van der Waals surface area contributed by atoms with Gasteiger partial charge < -0.3 is 19.5 Å². The van der Waals surface area contributed by atoms with Crippen molar-refractivity contribution in [2.24, 2.45) is 0 Å². The van der Waals surface area contributed by atoms with E-state index in [2.05, 4.69) is 5.32 Å². The molecule has 0 atom stereocenters. The third-order valence-corrected chi connectivity index (χ3v) is 5.47. The van der Waals surface area contributed by atoms with Crippen LogP contribution in [0.25, 0.3) is 10.1 Å². The number of amides is 1. The summed E-state index contributed by atoms with van der Waals surface area (Å²) in [6.07, 6.45) is 0. The van der Waals surface area contributed by atoms with Crippen LogP contribution in [0.3, 0.4) is 0 Å². The summed E-state index contributed by atoms with van der Waals surface area (Å²) in [6.45, 7) is 0.116. The highest BCUT2D eigenvalue weighted by Gasteiger charge is 2.22. The molecule has 0 spiro atoms. The number of nitrogens with one attached hydrogen (secondary N) is 1. The van der Waals surface area contributed by atoms with Crippen LogP contribution in [0.5, 0.6) is 11.5 Å². The van der Waals surface area contributed by atoms with Gasteiger partial charge in [0.15, 0.2) is 0 Å². The van der Waals surface area contributed by atoms with E-state index in [9.17, 15) is 9.18 Å². The largest absolute Gasteiger partial charge is 0.495 e. The van der Waals surface area contributed by atoms with E-state index in [1.807, 2.05) is 0 Å². The molecule has 0 bridgehead atoms. The van der Waals surface area contributed by atoms with Crippen LogP contribution in [0.15, 0.2) is 30.3 Å². The number of anilines is 1. The topological polar surface area (TPSA) is 56.8 Å². The minimum atomic E-state index is -0.398. The average molecular weight is 410 g/mol. The molecule has 0 aliphatic rings. The second-order valence-corrected chi connectivity index (χ2v) is 7.06. The SMILES string of the molecule is COCc1c(C(=O)Nc2cc(OC)c(Cl)cc2OC)sc2cccc(F)c12. The van der Waals surface area contributed by atoms with Gasteiger partial charge in [0.1, 0.15) is 17.3 Å².